The minimum Gasteiger partial charge on any atom is -0.481 e. The molecule has 0 radical (unpaired) electrons. The molecule has 9 nitrogen and oxygen atoms in total. The molecule has 0 saturated heterocycles. The highest BCUT2D eigenvalue weighted by Crippen LogP contribution is 2.10. The number of likely N-dealkylation sites (N-methyl/N-ethyl adjacent to an activating group) is 1. The number of nitrogens with zero attached hydrogens (tertiary/aromatic N) is 1. The number of carbonyl (C=O) groups is 3. The fourth-order valence-electron chi connectivity index (χ4n) is 1.80. The second-order valence-corrected chi connectivity index (χ2v) is 9.97. The molecule has 0 fully saturated rings. The number of sulfone groups is 1. The molecule has 0 aromatic heterocycles. The lowest BCUT2D eigenvalue weighted by atomic mass is 10.2. The van der Waals surface area contributed by atoms with Crippen molar-refractivity contribution in [3.05, 3.63) is 12.7 Å². The Morgan fingerprint density at radius 2 is 1.62 bits per heavy atom. The molecule has 0 saturated carbocycles. The fraction of sp³-hybridized carbons (Fsp3) is 0.737. The second kappa shape index (κ2) is 13.2. The molecule has 29 heavy (non-hydrogen) atoms. The third kappa shape index (κ3) is 15.5. The highest BCUT2D eigenvalue weighted by atomic mass is 32.2. The summed E-state index contributed by atoms with van der Waals surface area (Å²) in [5, 5.41) is 17.2. The lowest BCUT2D eigenvalue weighted by molar-refractivity contribution is -0.142. The molecule has 0 aromatic carbocycles. The number of hydrogen-bond donors (Lipinski definition) is 2. The average molecular weight is 438 g/mol. The molecular formula is C19H35NO8S. The number of hydrogen-bond acceptors (Lipinski definition) is 6. The second-order valence-electron chi connectivity index (χ2n) is 7.74. The number of ether oxygens (including phenoxy) is 1. The van der Waals surface area contributed by atoms with Gasteiger partial charge in [0.25, 0.3) is 0 Å². The van der Waals surface area contributed by atoms with E-state index >= 15 is 0 Å². The van der Waals surface area contributed by atoms with Crippen molar-refractivity contribution in [3.8, 4) is 0 Å². The predicted octanol–water partition coefficient (Wildman–Crippen LogP) is 2.80. The van der Waals surface area contributed by atoms with Gasteiger partial charge >= 0.3 is 18.0 Å². The quantitative estimate of drug-likeness (QED) is 0.393. The first kappa shape index (κ1) is 29.1. The fourth-order valence-corrected chi connectivity index (χ4v) is 3.52. The number of carboxylic acid groups (broad SMARTS) is 2. The van der Waals surface area contributed by atoms with E-state index in [9.17, 15) is 22.8 Å². The van der Waals surface area contributed by atoms with Gasteiger partial charge in [0.15, 0.2) is 9.84 Å². The van der Waals surface area contributed by atoms with Crippen molar-refractivity contribution in [2.75, 3.05) is 18.6 Å². The van der Waals surface area contributed by atoms with Crippen LogP contribution in [-0.4, -0.2) is 71.8 Å². The zero-order chi connectivity index (χ0) is 23.4. The van der Waals surface area contributed by atoms with Crippen LogP contribution < -0.4 is 0 Å². The largest absolute Gasteiger partial charge is 0.481 e. The summed E-state index contributed by atoms with van der Waals surface area (Å²) in [4.78, 5) is 33.4. The average Bonchev–Trinajstić information content (AvgIpc) is 2.55. The third-order valence-electron chi connectivity index (χ3n) is 3.66. The molecule has 0 aliphatic carbocycles. The summed E-state index contributed by atoms with van der Waals surface area (Å²) in [7, 11) is -1.83. The Hall–Kier alpha value is -2.10. The van der Waals surface area contributed by atoms with Crippen LogP contribution in [-0.2, 0) is 24.2 Å². The van der Waals surface area contributed by atoms with Crippen molar-refractivity contribution in [1.29, 1.82) is 0 Å². The Morgan fingerprint density at radius 3 is 2.00 bits per heavy atom. The molecule has 0 aromatic rings. The molecule has 0 spiro atoms. The normalized spacial score (nSPS) is 13.3. The maximum Gasteiger partial charge on any atom is 0.410 e. The van der Waals surface area contributed by atoms with Gasteiger partial charge in [-0.3, -0.25) is 9.69 Å². The molecule has 0 bridgehead atoms. The van der Waals surface area contributed by atoms with E-state index in [4.69, 9.17) is 14.9 Å². The van der Waals surface area contributed by atoms with Crippen molar-refractivity contribution < 1.29 is 37.8 Å². The number of amides is 1. The van der Waals surface area contributed by atoms with E-state index in [1.54, 1.807) is 26.8 Å². The van der Waals surface area contributed by atoms with Crippen LogP contribution in [0.15, 0.2) is 12.7 Å². The van der Waals surface area contributed by atoms with Gasteiger partial charge < -0.3 is 14.9 Å². The molecule has 2 N–H and O–H groups in total. The van der Waals surface area contributed by atoms with E-state index in [0.29, 0.717) is 6.42 Å². The van der Waals surface area contributed by atoms with Crippen molar-refractivity contribution in [3.63, 3.8) is 0 Å². The first-order valence-corrected chi connectivity index (χ1v) is 11.1. The maximum atomic E-state index is 11.4. The molecule has 0 aliphatic rings. The number of aliphatic carboxylic acids is 2. The van der Waals surface area contributed by atoms with Gasteiger partial charge in [-0.1, -0.05) is 13.0 Å². The lowest BCUT2D eigenvalue weighted by Gasteiger charge is -2.26. The van der Waals surface area contributed by atoms with Crippen LogP contribution >= 0.6 is 0 Å². The van der Waals surface area contributed by atoms with E-state index in [1.807, 2.05) is 0 Å². The van der Waals surface area contributed by atoms with Crippen molar-refractivity contribution >= 4 is 27.9 Å². The van der Waals surface area contributed by atoms with Crippen LogP contribution in [0.25, 0.3) is 0 Å². The molecule has 0 unspecified atom stereocenters. The predicted molar refractivity (Wildman–Crippen MR) is 111 cm³/mol. The third-order valence-corrected chi connectivity index (χ3v) is 5.58. The van der Waals surface area contributed by atoms with Crippen LogP contribution in [0.4, 0.5) is 4.79 Å². The number of carboxylic acids is 2. The first-order chi connectivity index (χ1) is 13.0. The Balaban J connectivity index is 0. The van der Waals surface area contributed by atoms with E-state index in [1.165, 1.54) is 20.9 Å². The van der Waals surface area contributed by atoms with Gasteiger partial charge in [-0.05, 0) is 47.0 Å². The number of carbonyl (C=O) groups excluding carboxylic acids is 1. The number of rotatable bonds is 10. The Bertz CT molecular complexity index is 652. The zero-order valence-electron chi connectivity index (χ0n) is 18.2. The van der Waals surface area contributed by atoms with Gasteiger partial charge in [0.05, 0.1) is 17.4 Å². The standard InChI is InChI=1S/C10H18O4S.C9H17NO4/c1-3-4-5-6-7-15(13,14)8-9(2)10(11)12;1-6(7(11)12)10(5)8(13)14-9(2,3)4/h3,9H,1,4-8H2,2H3,(H,11,12);6H,1-5H3,(H,11,12)/t9-;6-/m10/s1. The summed E-state index contributed by atoms with van der Waals surface area (Å²) in [6.07, 6.45) is 3.26. The summed E-state index contributed by atoms with van der Waals surface area (Å²) < 4.78 is 27.8. The monoisotopic (exact) mass is 437 g/mol. The van der Waals surface area contributed by atoms with Gasteiger partial charge in [0.1, 0.15) is 11.6 Å². The summed E-state index contributed by atoms with van der Waals surface area (Å²) in [5.74, 6) is -3.15. The minimum atomic E-state index is -3.22. The van der Waals surface area contributed by atoms with Gasteiger partial charge in [0.2, 0.25) is 0 Å². The maximum absolute atomic E-state index is 11.4. The van der Waals surface area contributed by atoms with Crippen molar-refractivity contribution in [2.45, 2.75) is 65.5 Å². The first-order valence-electron chi connectivity index (χ1n) is 9.26. The molecule has 170 valence electrons. The van der Waals surface area contributed by atoms with Crippen molar-refractivity contribution in [1.82, 2.24) is 4.90 Å². The molecule has 1 amide bonds. The summed E-state index contributed by atoms with van der Waals surface area (Å²) >= 11 is 0. The molecule has 0 aliphatic heterocycles. The van der Waals surface area contributed by atoms with Crippen LogP contribution in [0.5, 0.6) is 0 Å². The highest BCUT2D eigenvalue weighted by molar-refractivity contribution is 7.91. The molecule has 2 atom stereocenters. The Kier molecular flexibility index (Phi) is 13.2. The SMILES string of the molecule is C=CCCCCS(=O)(=O)C[C@@H](C)C(=O)O.C[C@@H](C(=O)O)N(C)C(=O)OC(C)(C)C. The van der Waals surface area contributed by atoms with Crippen molar-refractivity contribution in [2.24, 2.45) is 5.92 Å². The Labute approximate surface area is 173 Å². The molecule has 0 rings (SSSR count). The van der Waals surface area contributed by atoms with Crippen LogP contribution in [0.2, 0.25) is 0 Å². The number of unbranched alkanes of at least 4 members (excludes halogenated alkanes) is 2. The van der Waals surface area contributed by atoms with Gasteiger partial charge in [-0.25, -0.2) is 18.0 Å². The lowest BCUT2D eigenvalue weighted by Crippen LogP contribution is -2.43. The minimum absolute atomic E-state index is 0.0679. The highest BCUT2D eigenvalue weighted by Gasteiger charge is 2.26. The smallest absolute Gasteiger partial charge is 0.410 e. The van der Waals surface area contributed by atoms with Crippen LogP contribution in [0.1, 0.15) is 53.9 Å². The van der Waals surface area contributed by atoms with Gasteiger partial charge in [0, 0.05) is 7.05 Å². The van der Waals surface area contributed by atoms with Crippen LogP contribution in [0.3, 0.4) is 0 Å². The van der Waals surface area contributed by atoms with Gasteiger partial charge in [-0.2, -0.15) is 0 Å². The molecular weight excluding hydrogens is 402 g/mol. The van der Waals surface area contributed by atoms with E-state index < -0.39 is 45.4 Å². The van der Waals surface area contributed by atoms with E-state index in [2.05, 4.69) is 6.58 Å². The van der Waals surface area contributed by atoms with Crippen LogP contribution in [0, 0.1) is 5.92 Å². The van der Waals surface area contributed by atoms with E-state index in [0.717, 1.165) is 17.7 Å². The molecule has 10 heteroatoms. The Morgan fingerprint density at radius 1 is 1.10 bits per heavy atom. The zero-order valence-corrected chi connectivity index (χ0v) is 19.0. The number of allylic oxidation sites excluding steroid dienone is 1. The summed E-state index contributed by atoms with van der Waals surface area (Å²) in [5.41, 5.74) is -0.608. The summed E-state index contributed by atoms with van der Waals surface area (Å²) in [6.45, 7) is 11.5. The topological polar surface area (TPSA) is 138 Å². The van der Waals surface area contributed by atoms with Gasteiger partial charge in [-0.15, -0.1) is 6.58 Å². The summed E-state index contributed by atoms with van der Waals surface area (Å²) in [6, 6.07) is -0.884. The van der Waals surface area contributed by atoms with E-state index in [-0.39, 0.29) is 11.5 Å². The molecule has 0 heterocycles.